The molecule has 86 valence electrons. The van der Waals surface area contributed by atoms with Crippen molar-refractivity contribution in [3.8, 4) is 16.9 Å². The maximum Gasteiger partial charge on any atom is 0.119 e. The van der Waals surface area contributed by atoms with Crippen molar-refractivity contribution in [1.82, 2.24) is 0 Å². The predicted molar refractivity (Wildman–Crippen MR) is 73.1 cm³/mol. The Labute approximate surface area is 102 Å². The number of hydrogen-bond acceptors (Lipinski definition) is 1. The molecular formula is C16H16O. The summed E-state index contributed by atoms with van der Waals surface area (Å²) in [6.45, 7) is 2.03. The second-order valence-electron chi connectivity index (χ2n) is 3.86. The highest BCUT2D eigenvalue weighted by Crippen LogP contribution is 2.24. The third-order valence-electron chi connectivity index (χ3n) is 2.65. The quantitative estimate of drug-likeness (QED) is 0.751. The highest BCUT2D eigenvalue weighted by molar-refractivity contribution is 5.68. The Morgan fingerprint density at radius 2 is 1.65 bits per heavy atom. The van der Waals surface area contributed by atoms with Crippen molar-refractivity contribution in [2.75, 3.05) is 7.11 Å². The standard InChI is InChI=1S/C16H16O/c1-3-6-13-7-4-8-14(11-13)15-9-5-10-16(12-15)17-2/h3-12H,1-2H3/b6-3+. The Morgan fingerprint density at radius 3 is 2.35 bits per heavy atom. The van der Waals surface area contributed by atoms with E-state index in [0.717, 1.165) is 5.75 Å². The van der Waals surface area contributed by atoms with Crippen LogP contribution in [0.2, 0.25) is 0 Å². The van der Waals surface area contributed by atoms with Crippen LogP contribution in [0, 0.1) is 0 Å². The second-order valence-corrected chi connectivity index (χ2v) is 3.86. The van der Waals surface area contributed by atoms with Gasteiger partial charge < -0.3 is 4.74 Å². The summed E-state index contributed by atoms with van der Waals surface area (Å²) in [7, 11) is 1.69. The van der Waals surface area contributed by atoms with Gasteiger partial charge >= 0.3 is 0 Å². The van der Waals surface area contributed by atoms with E-state index in [2.05, 4.69) is 42.5 Å². The number of hydrogen-bond donors (Lipinski definition) is 0. The van der Waals surface area contributed by atoms with Crippen LogP contribution in [0.25, 0.3) is 17.2 Å². The van der Waals surface area contributed by atoms with Gasteiger partial charge in [-0.15, -0.1) is 0 Å². The zero-order chi connectivity index (χ0) is 12.1. The molecule has 0 fully saturated rings. The number of methoxy groups -OCH3 is 1. The first-order valence-electron chi connectivity index (χ1n) is 5.70. The van der Waals surface area contributed by atoms with E-state index in [4.69, 9.17) is 4.74 Å². The van der Waals surface area contributed by atoms with Crippen LogP contribution in [0.5, 0.6) is 5.75 Å². The summed E-state index contributed by atoms with van der Waals surface area (Å²) in [5, 5.41) is 0. The average molecular weight is 224 g/mol. The van der Waals surface area contributed by atoms with E-state index >= 15 is 0 Å². The monoisotopic (exact) mass is 224 g/mol. The highest BCUT2D eigenvalue weighted by Gasteiger charge is 1.99. The van der Waals surface area contributed by atoms with E-state index in [1.165, 1.54) is 16.7 Å². The molecule has 1 nitrogen and oxygen atoms in total. The van der Waals surface area contributed by atoms with E-state index in [9.17, 15) is 0 Å². The molecule has 0 bridgehead atoms. The smallest absolute Gasteiger partial charge is 0.119 e. The number of benzene rings is 2. The topological polar surface area (TPSA) is 9.23 Å². The van der Waals surface area contributed by atoms with Crippen LogP contribution in [0.1, 0.15) is 12.5 Å². The van der Waals surface area contributed by atoms with Crippen LogP contribution in [-0.4, -0.2) is 7.11 Å². The van der Waals surface area contributed by atoms with Crippen LogP contribution >= 0.6 is 0 Å². The van der Waals surface area contributed by atoms with Gasteiger partial charge in [-0.1, -0.05) is 42.5 Å². The molecular weight excluding hydrogens is 208 g/mol. The largest absolute Gasteiger partial charge is 0.497 e. The first-order chi connectivity index (χ1) is 8.33. The summed E-state index contributed by atoms with van der Waals surface area (Å²) in [5.74, 6) is 0.888. The SMILES string of the molecule is C/C=C/c1cccc(-c2cccc(OC)c2)c1. The molecule has 0 spiro atoms. The van der Waals surface area contributed by atoms with E-state index in [1.54, 1.807) is 7.11 Å². The lowest BCUT2D eigenvalue weighted by atomic mass is 10.0. The van der Waals surface area contributed by atoms with Gasteiger partial charge in [-0.2, -0.15) is 0 Å². The third kappa shape index (κ3) is 2.76. The molecule has 0 aliphatic carbocycles. The molecule has 0 N–H and O–H groups in total. The Hall–Kier alpha value is -2.02. The summed E-state index contributed by atoms with van der Waals surface area (Å²) < 4.78 is 5.24. The summed E-state index contributed by atoms with van der Waals surface area (Å²) in [5.41, 5.74) is 3.60. The summed E-state index contributed by atoms with van der Waals surface area (Å²) in [6, 6.07) is 16.6. The lowest BCUT2D eigenvalue weighted by Gasteiger charge is -2.05. The van der Waals surface area contributed by atoms with E-state index in [1.807, 2.05) is 25.1 Å². The molecule has 0 saturated heterocycles. The van der Waals surface area contributed by atoms with Gasteiger partial charge in [-0.3, -0.25) is 0 Å². The van der Waals surface area contributed by atoms with Gasteiger partial charge in [0.1, 0.15) is 5.75 Å². The van der Waals surface area contributed by atoms with Crippen LogP contribution in [0.3, 0.4) is 0 Å². The van der Waals surface area contributed by atoms with Crippen molar-refractivity contribution in [1.29, 1.82) is 0 Å². The van der Waals surface area contributed by atoms with Gasteiger partial charge in [-0.05, 0) is 41.8 Å². The summed E-state index contributed by atoms with van der Waals surface area (Å²) in [6.07, 6.45) is 4.15. The molecule has 2 rings (SSSR count). The molecule has 0 saturated carbocycles. The van der Waals surface area contributed by atoms with Gasteiger partial charge in [0.2, 0.25) is 0 Å². The first kappa shape index (κ1) is 11.5. The zero-order valence-electron chi connectivity index (χ0n) is 10.2. The fraction of sp³-hybridized carbons (Fsp3) is 0.125. The molecule has 2 aromatic carbocycles. The van der Waals surface area contributed by atoms with Crippen LogP contribution in [0.15, 0.2) is 54.6 Å². The van der Waals surface area contributed by atoms with Crippen molar-refractivity contribution in [2.24, 2.45) is 0 Å². The minimum Gasteiger partial charge on any atom is -0.497 e. The molecule has 0 amide bonds. The number of rotatable bonds is 3. The average Bonchev–Trinajstić information content (AvgIpc) is 2.40. The summed E-state index contributed by atoms with van der Waals surface area (Å²) >= 11 is 0. The second kappa shape index (κ2) is 5.35. The minimum absolute atomic E-state index is 0.888. The highest BCUT2D eigenvalue weighted by atomic mass is 16.5. The predicted octanol–water partition coefficient (Wildman–Crippen LogP) is 4.40. The molecule has 1 heteroatoms. The van der Waals surface area contributed by atoms with Crippen molar-refractivity contribution >= 4 is 6.08 Å². The van der Waals surface area contributed by atoms with Crippen molar-refractivity contribution in [2.45, 2.75) is 6.92 Å². The normalized spacial score (nSPS) is 10.7. The molecule has 0 aliphatic heterocycles. The van der Waals surface area contributed by atoms with Crippen LogP contribution in [-0.2, 0) is 0 Å². The zero-order valence-corrected chi connectivity index (χ0v) is 10.2. The molecule has 2 aromatic rings. The van der Waals surface area contributed by atoms with Crippen LogP contribution < -0.4 is 4.74 Å². The minimum atomic E-state index is 0.888. The van der Waals surface area contributed by atoms with Crippen molar-refractivity contribution in [3.63, 3.8) is 0 Å². The van der Waals surface area contributed by atoms with Gasteiger partial charge in [0.15, 0.2) is 0 Å². The molecule has 0 heterocycles. The first-order valence-corrected chi connectivity index (χ1v) is 5.70. The van der Waals surface area contributed by atoms with Crippen molar-refractivity contribution in [3.05, 3.63) is 60.2 Å². The van der Waals surface area contributed by atoms with Crippen molar-refractivity contribution < 1.29 is 4.74 Å². The lowest BCUT2D eigenvalue weighted by molar-refractivity contribution is 0.415. The molecule has 0 aliphatic rings. The van der Waals surface area contributed by atoms with Gasteiger partial charge in [0.05, 0.1) is 7.11 Å². The van der Waals surface area contributed by atoms with Gasteiger partial charge in [0.25, 0.3) is 0 Å². The fourth-order valence-electron chi connectivity index (χ4n) is 1.82. The molecule has 0 unspecified atom stereocenters. The third-order valence-corrected chi connectivity index (χ3v) is 2.65. The summed E-state index contributed by atoms with van der Waals surface area (Å²) in [4.78, 5) is 0. The molecule has 0 atom stereocenters. The Bertz CT molecular complexity index is 527. The van der Waals surface area contributed by atoms with Gasteiger partial charge in [0, 0.05) is 0 Å². The Morgan fingerprint density at radius 1 is 0.941 bits per heavy atom. The maximum absolute atomic E-state index is 5.24. The van der Waals surface area contributed by atoms with E-state index < -0.39 is 0 Å². The molecule has 0 radical (unpaired) electrons. The van der Waals surface area contributed by atoms with E-state index in [0.29, 0.717) is 0 Å². The maximum atomic E-state index is 5.24. The Balaban J connectivity index is 2.41. The Kier molecular flexibility index (Phi) is 3.61. The number of allylic oxidation sites excluding steroid dienone is 1. The van der Waals surface area contributed by atoms with Crippen LogP contribution in [0.4, 0.5) is 0 Å². The molecule has 17 heavy (non-hydrogen) atoms. The molecule has 0 aromatic heterocycles. The fourth-order valence-corrected chi connectivity index (χ4v) is 1.82. The number of ether oxygens (including phenoxy) is 1. The van der Waals surface area contributed by atoms with E-state index in [-0.39, 0.29) is 0 Å². The van der Waals surface area contributed by atoms with Gasteiger partial charge in [-0.25, -0.2) is 0 Å². The lowest BCUT2D eigenvalue weighted by Crippen LogP contribution is -1.84.